The van der Waals surface area contributed by atoms with Crippen LogP contribution in [0.2, 0.25) is 0 Å². The molecule has 1 aromatic heterocycles. The van der Waals surface area contributed by atoms with Crippen LogP contribution in [0.5, 0.6) is 0 Å². The number of aliphatic hydroxyl groups excluding tert-OH is 1. The summed E-state index contributed by atoms with van der Waals surface area (Å²) in [6.45, 7) is 5.18. The first-order valence-corrected chi connectivity index (χ1v) is 7.09. The average molecular weight is 282 g/mol. The molecule has 1 fully saturated rings. The first-order chi connectivity index (χ1) is 9.61. The van der Waals surface area contributed by atoms with Crippen LogP contribution in [0.15, 0.2) is 4.52 Å². The van der Waals surface area contributed by atoms with Gasteiger partial charge in [-0.25, -0.2) is 4.79 Å². The monoisotopic (exact) mass is 282 g/mol. The molecule has 0 spiro atoms. The number of rotatable bonds is 5. The normalized spacial score (nSPS) is 18.8. The molecule has 0 aromatic carbocycles. The van der Waals surface area contributed by atoms with E-state index in [0.29, 0.717) is 31.2 Å². The van der Waals surface area contributed by atoms with Crippen molar-refractivity contribution in [2.45, 2.75) is 45.1 Å². The van der Waals surface area contributed by atoms with E-state index in [1.54, 1.807) is 4.90 Å². The van der Waals surface area contributed by atoms with Gasteiger partial charge in [0.1, 0.15) is 0 Å². The van der Waals surface area contributed by atoms with Gasteiger partial charge in [-0.15, -0.1) is 0 Å². The van der Waals surface area contributed by atoms with Gasteiger partial charge in [0.05, 0.1) is 12.6 Å². The largest absolute Gasteiger partial charge is 0.394 e. The smallest absolute Gasteiger partial charge is 0.317 e. The fraction of sp³-hybridized carbons (Fsp3) is 0.769. The third-order valence-corrected chi connectivity index (χ3v) is 3.46. The van der Waals surface area contributed by atoms with Crippen LogP contribution < -0.4 is 5.32 Å². The third-order valence-electron chi connectivity index (χ3n) is 3.46. The Morgan fingerprint density at radius 1 is 1.60 bits per heavy atom. The molecule has 2 rings (SSSR count). The van der Waals surface area contributed by atoms with Gasteiger partial charge in [0.15, 0.2) is 5.82 Å². The standard InChI is InChI=1S/C13H22N4O3/c1-9(2)12-15-11(20-16-12)5-6-14-13(19)17-7-3-4-10(17)8-18/h9-10,18H,3-8H2,1-2H3,(H,14,19). The molecule has 1 unspecified atom stereocenters. The van der Waals surface area contributed by atoms with Gasteiger partial charge in [0.2, 0.25) is 5.89 Å². The number of hydrogen-bond donors (Lipinski definition) is 2. The van der Waals surface area contributed by atoms with Crippen LogP contribution in [-0.2, 0) is 6.42 Å². The summed E-state index contributed by atoms with van der Waals surface area (Å²) < 4.78 is 5.11. The SMILES string of the molecule is CC(C)c1noc(CCNC(=O)N2CCCC2CO)n1. The van der Waals surface area contributed by atoms with E-state index in [0.717, 1.165) is 12.8 Å². The number of likely N-dealkylation sites (tertiary alicyclic amines) is 1. The number of aromatic nitrogens is 2. The van der Waals surface area contributed by atoms with Gasteiger partial charge in [-0.2, -0.15) is 4.98 Å². The summed E-state index contributed by atoms with van der Waals surface area (Å²) in [7, 11) is 0. The van der Waals surface area contributed by atoms with Crippen molar-refractivity contribution in [3.63, 3.8) is 0 Å². The van der Waals surface area contributed by atoms with Gasteiger partial charge in [-0.3, -0.25) is 0 Å². The van der Waals surface area contributed by atoms with E-state index in [1.807, 2.05) is 13.8 Å². The molecule has 112 valence electrons. The quantitative estimate of drug-likeness (QED) is 0.837. The zero-order chi connectivity index (χ0) is 14.5. The first-order valence-electron chi connectivity index (χ1n) is 7.09. The minimum atomic E-state index is -0.134. The Morgan fingerprint density at radius 2 is 2.40 bits per heavy atom. The van der Waals surface area contributed by atoms with Crippen LogP contribution in [0.1, 0.15) is 44.3 Å². The van der Waals surface area contributed by atoms with E-state index in [4.69, 9.17) is 4.52 Å². The highest BCUT2D eigenvalue weighted by molar-refractivity contribution is 5.74. The van der Waals surface area contributed by atoms with Gasteiger partial charge >= 0.3 is 6.03 Å². The molecule has 1 aliphatic heterocycles. The van der Waals surface area contributed by atoms with Crippen LogP contribution in [0.25, 0.3) is 0 Å². The lowest BCUT2D eigenvalue weighted by molar-refractivity contribution is 0.157. The summed E-state index contributed by atoms with van der Waals surface area (Å²) in [6, 6.07) is -0.184. The lowest BCUT2D eigenvalue weighted by Crippen LogP contribution is -2.44. The Hall–Kier alpha value is -1.63. The van der Waals surface area contributed by atoms with Crippen LogP contribution in [0, 0.1) is 0 Å². The Balaban J connectivity index is 1.76. The molecule has 0 aliphatic carbocycles. The van der Waals surface area contributed by atoms with E-state index >= 15 is 0 Å². The van der Waals surface area contributed by atoms with Gasteiger partial charge in [-0.1, -0.05) is 19.0 Å². The second-order valence-electron chi connectivity index (χ2n) is 5.35. The van der Waals surface area contributed by atoms with E-state index in [2.05, 4.69) is 15.5 Å². The van der Waals surface area contributed by atoms with Crippen molar-refractivity contribution >= 4 is 6.03 Å². The summed E-state index contributed by atoms with van der Waals surface area (Å²) in [5.74, 6) is 1.46. The molecule has 1 saturated heterocycles. The molecule has 0 bridgehead atoms. The molecular weight excluding hydrogens is 260 g/mol. The van der Waals surface area contributed by atoms with E-state index in [-0.39, 0.29) is 24.6 Å². The number of nitrogens with one attached hydrogen (secondary N) is 1. The van der Waals surface area contributed by atoms with Crippen molar-refractivity contribution in [1.29, 1.82) is 0 Å². The van der Waals surface area contributed by atoms with Crippen molar-refractivity contribution in [3.05, 3.63) is 11.7 Å². The fourth-order valence-corrected chi connectivity index (χ4v) is 2.27. The number of nitrogens with zero attached hydrogens (tertiary/aromatic N) is 3. The second kappa shape index (κ2) is 6.69. The van der Waals surface area contributed by atoms with E-state index < -0.39 is 0 Å². The molecule has 0 radical (unpaired) electrons. The van der Waals surface area contributed by atoms with Crippen LogP contribution in [0.3, 0.4) is 0 Å². The molecule has 2 heterocycles. The number of amides is 2. The molecule has 7 heteroatoms. The van der Waals surface area contributed by atoms with Gasteiger partial charge < -0.3 is 19.8 Å². The van der Waals surface area contributed by atoms with Crippen molar-refractivity contribution < 1.29 is 14.4 Å². The highest BCUT2D eigenvalue weighted by Crippen LogP contribution is 2.16. The molecule has 2 amide bonds. The topological polar surface area (TPSA) is 91.5 Å². The van der Waals surface area contributed by atoms with Crippen LogP contribution >= 0.6 is 0 Å². The minimum absolute atomic E-state index is 0.0226. The average Bonchev–Trinajstić information content (AvgIpc) is 3.07. The molecule has 20 heavy (non-hydrogen) atoms. The number of urea groups is 1. The number of carbonyl (C=O) groups excluding carboxylic acids is 1. The minimum Gasteiger partial charge on any atom is -0.394 e. The van der Waals surface area contributed by atoms with Gasteiger partial charge in [-0.05, 0) is 12.8 Å². The summed E-state index contributed by atoms with van der Waals surface area (Å²) in [5, 5.41) is 15.9. The van der Waals surface area contributed by atoms with Crippen LogP contribution in [0.4, 0.5) is 4.79 Å². The Labute approximate surface area is 118 Å². The molecule has 2 N–H and O–H groups in total. The second-order valence-corrected chi connectivity index (χ2v) is 5.35. The molecule has 1 atom stereocenters. The van der Waals surface area contributed by atoms with Crippen molar-refractivity contribution in [2.24, 2.45) is 0 Å². The fourth-order valence-electron chi connectivity index (χ4n) is 2.27. The molecular formula is C13H22N4O3. The summed E-state index contributed by atoms with van der Waals surface area (Å²) >= 11 is 0. The maximum atomic E-state index is 12.0. The lowest BCUT2D eigenvalue weighted by atomic mass is 10.2. The van der Waals surface area contributed by atoms with Crippen LogP contribution in [-0.4, -0.2) is 51.9 Å². The lowest BCUT2D eigenvalue weighted by Gasteiger charge is -2.23. The number of hydrogen-bond acceptors (Lipinski definition) is 5. The Morgan fingerprint density at radius 3 is 3.05 bits per heavy atom. The van der Waals surface area contributed by atoms with Crippen molar-refractivity contribution in [3.8, 4) is 0 Å². The van der Waals surface area contributed by atoms with Gasteiger partial charge in [0.25, 0.3) is 0 Å². The zero-order valence-electron chi connectivity index (χ0n) is 12.0. The highest BCUT2D eigenvalue weighted by Gasteiger charge is 2.27. The predicted octanol–water partition coefficient (Wildman–Crippen LogP) is 0.902. The summed E-state index contributed by atoms with van der Waals surface area (Å²) in [4.78, 5) is 17.9. The van der Waals surface area contributed by atoms with Crippen molar-refractivity contribution in [2.75, 3.05) is 19.7 Å². The first kappa shape index (κ1) is 14.8. The summed E-state index contributed by atoms with van der Waals surface area (Å²) in [5.41, 5.74) is 0. The van der Waals surface area contributed by atoms with Crippen molar-refractivity contribution in [1.82, 2.24) is 20.4 Å². The maximum Gasteiger partial charge on any atom is 0.317 e. The molecule has 1 aromatic rings. The van der Waals surface area contributed by atoms with Gasteiger partial charge in [0, 0.05) is 25.4 Å². The highest BCUT2D eigenvalue weighted by atomic mass is 16.5. The summed E-state index contributed by atoms with van der Waals surface area (Å²) in [6.07, 6.45) is 2.33. The molecule has 1 aliphatic rings. The number of carbonyl (C=O) groups is 1. The Bertz CT molecular complexity index is 447. The molecule has 0 saturated carbocycles. The molecule has 7 nitrogen and oxygen atoms in total. The van der Waals surface area contributed by atoms with E-state index in [1.165, 1.54) is 0 Å². The Kier molecular flexibility index (Phi) is 4.94. The number of aliphatic hydroxyl groups is 1. The predicted molar refractivity (Wildman–Crippen MR) is 72.3 cm³/mol. The maximum absolute atomic E-state index is 12.0. The zero-order valence-corrected chi connectivity index (χ0v) is 12.0. The van der Waals surface area contributed by atoms with E-state index in [9.17, 15) is 9.90 Å². The third kappa shape index (κ3) is 3.47.